The van der Waals surface area contributed by atoms with Crippen molar-refractivity contribution in [3.8, 4) is 0 Å². The van der Waals surface area contributed by atoms with Crippen LogP contribution in [0.15, 0.2) is 29.2 Å². The quantitative estimate of drug-likeness (QED) is 0.436. The summed E-state index contributed by atoms with van der Waals surface area (Å²) in [6, 6.07) is 6.60. The second kappa shape index (κ2) is 7.42. The Hall–Kier alpha value is -1.60. The average molecular weight is 311 g/mol. The maximum atomic E-state index is 11.6. The van der Waals surface area contributed by atoms with E-state index in [1.807, 2.05) is 13.8 Å². The van der Waals surface area contributed by atoms with Gasteiger partial charge in [-0.15, -0.1) is 11.8 Å². The lowest BCUT2D eigenvalue weighted by Crippen LogP contribution is -2.54. The van der Waals surface area contributed by atoms with Gasteiger partial charge in [0.25, 0.3) is 5.69 Å². The summed E-state index contributed by atoms with van der Waals surface area (Å²) < 4.78 is 0. The van der Waals surface area contributed by atoms with Crippen molar-refractivity contribution in [1.82, 2.24) is 5.32 Å². The lowest BCUT2D eigenvalue weighted by atomic mass is 9.95. The first kappa shape index (κ1) is 17.5. The first-order chi connectivity index (χ1) is 9.80. The topological polar surface area (TPSA) is 98.3 Å². The largest absolute Gasteiger partial charge is 0.368 e. The van der Waals surface area contributed by atoms with Crippen molar-refractivity contribution in [3.05, 3.63) is 34.4 Å². The Morgan fingerprint density at radius 2 is 2.14 bits per heavy atom. The van der Waals surface area contributed by atoms with Crippen LogP contribution in [0.3, 0.4) is 0 Å². The van der Waals surface area contributed by atoms with Gasteiger partial charge in [0.05, 0.1) is 15.4 Å². The smallest absolute Gasteiger partial charge is 0.282 e. The van der Waals surface area contributed by atoms with Crippen LogP contribution in [0.25, 0.3) is 0 Å². The molecule has 0 fully saturated rings. The zero-order valence-electron chi connectivity index (χ0n) is 12.5. The predicted molar refractivity (Wildman–Crippen MR) is 84.3 cm³/mol. The highest BCUT2D eigenvalue weighted by molar-refractivity contribution is 8.00. The highest BCUT2D eigenvalue weighted by atomic mass is 32.2. The van der Waals surface area contributed by atoms with Gasteiger partial charge in [-0.2, -0.15) is 0 Å². The number of nitro benzene ring substituents is 1. The maximum absolute atomic E-state index is 11.6. The van der Waals surface area contributed by atoms with Crippen LogP contribution in [-0.2, 0) is 4.79 Å². The molecule has 1 aromatic rings. The number of rotatable bonds is 8. The summed E-state index contributed by atoms with van der Waals surface area (Å²) >= 11 is 1.38. The molecule has 0 spiro atoms. The molecule has 2 unspecified atom stereocenters. The van der Waals surface area contributed by atoms with E-state index in [1.54, 1.807) is 25.1 Å². The minimum absolute atomic E-state index is 0.00245. The molecular formula is C14H21N3O3S. The van der Waals surface area contributed by atoms with E-state index in [2.05, 4.69) is 5.32 Å². The van der Waals surface area contributed by atoms with Crippen molar-refractivity contribution < 1.29 is 9.72 Å². The van der Waals surface area contributed by atoms with Gasteiger partial charge in [-0.3, -0.25) is 14.9 Å². The van der Waals surface area contributed by atoms with Crippen LogP contribution < -0.4 is 11.1 Å². The lowest BCUT2D eigenvalue weighted by Gasteiger charge is -2.29. The summed E-state index contributed by atoms with van der Waals surface area (Å²) in [5.41, 5.74) is 4.73. The Morgan fingerprint density at radius 1 is 1.52 bits per heavy atom. The molecule has 0 saturated heterocycles. The van der Waals surface area contributed by atoms with Gasteiger partial charge in [0.2, 0.25) is 5.91 Å². The summed E-state index contributed by atoms with van der Waals surface area (Å²) in [6.07, 6.45) is 0.493. The molecule has 1 rings (SSSR count). The van der Waals surface area contributed by atoms with Crippen molar-refractivity contribution in [1.29, 1.82) is 0 Å². The van der Waals surface area contributed by atoms with Crippen molar-refractivity contribution in [2.45, 2.75) is 42.9 Å². The molecular weight excluding hydrogens is 290 g/mol. The number of thioether (sulfide) groups is 1. The molecule has 116 valence electrons. The predicted octanol–water partition coefficient (Wildman–Crippen LogP) is 2.32. The zero-order chi connectivity index (χ0) is 16.0. The number of carbonyl (C=O) groups is 1. The van der Waals surface area contributed by atoms with E-state index in [0.29, 0.717) is 17.9 Å². The van der Waals surface area contributed by atoms with Gasteiger partial charge < -0.3 is 11.1 Å². The Morgan fingerprint density at radius 3 is 2.67 bits per heavy atom. The number of likely N-dealkylation sites (N-methyl/N-ethyl adjacent to an activating group) is 1. The molecule has 0 heterocycles. The summed E-state index contributed by atoms with van der Waals surface area (Å²) in [5.74, 6) is -0.417. The number of primary amides is 1. The van der Waals surface area contributed by atoms with Crippen molar-refractivity contribution >= 4 is 23.4 Å². The van der Waals surface area contributed by atoms with E-state index in [0.717, 1.165) is 0 Å². The van der Waals surface area contributed by atoms with Gasteiger partial charge in [0.15, 0.2) is 0 Å². The first-order valence-electron chi connectivity index (χ1n) is 6.75. The Balaban J connectivity index is 2.84. The molecule has 0 aromatic heterocycles. The van der Waals surface area contributed by atoms with Crippen LogP contribution in [0.5, 0.6) is 0 Å². The molecule has 0 bridgehead atoms. The van der Waals surface area contributed by atoms with Gasteiger partial charge in [0, 0.05) is 11.3 Å². The van der Waals surface area contributed by atoms with Gasteiger partial charge in [-0.1, -0.05) is 26.0 Å². The van der Waals surface area contributed by atoms with Gasteiger partial charge in [0.1, 0.15) is 0 Å². The summed E-state index contributed by atoms with van der Waals surface area (Å²) in [7, 11) is 0. The highest BCUT2D eigenvalue weighted by Crippen LogP contribution is 2.34. The second-order valence-corrected chi connectivity index (χ2v) is 6.56. The highest BCUT2D eigenvalue weighted by Gasteiger charge is 2.32. The standard InChI is InChI=1S/C14H21N3O3S/c1-4-16-14(3,13(15)18)9-10(2)21-12-8-6-5-7-11(12)17(19)20/h5-8,10,16H,4,9H2,1-3H3,(H2,15,18). The summed E-state index contributed by atoms with van der Waals surface area (Å²) in [6.45, 7) is 6.22. The molecule has 0 saturated carbocycles. The number of nitrogens with one attached hydrogen (secondary N) is 1. The molecule has 6 nitrogen and oxygen atoms in total. The fourth-order valence-electron chi connectivity index (χ4n) is 2.19. The third-order valence-electron chi connectivity index (χ3n) is 3.20. The number of para-hydroxylation sites is 1. The van der Waals surface area contributed by atoms with Crippen LogP contribution in [0.4, 0.5) is 5.69 Å². The van der Waals surface area contributed by atoms with Crippen LogP contribution in [0.1, 0.15) is 27.2 Å². The van der Waals surface area contributed by atoms with Crippen LogP contribution in [0, 0.1) is 10.1 Å². The average Bonchev–Trinajstić information content (AvgIpc) is 2.38. The summed E-state index contributed by atoms with van der Waals surface area (Å²) in [4.78, 5) is 22.8. The van der Waals surface area contributed by atoms with E-state index >= 15 is 0 Å². The molecule has 7 heteroatoms. The first-order valence-corrected chi connectivity index (χ1v) is 7.63. The Labute approximate surface area is 128 Å². The number of hydrogen-bond acceptors (Lipinski definition) is 5. The fraction of sp³-hybridized carbons (Fsp3) is 0.500. The fourth-order valence-corrected chi connectivity index (χ4v) is 3.46. The number of nitrogens with zero attached hydrogens (tertiary/aromatic N) is 1. The van der Waals surface area contributed by atoms with Crippen LogP contribution in [-0.4, -0.2) is 28.2 Å². The molecule has 1 aromatic carbocycles. The van der Waals surface area contributed by atoms with Crippen molar-refractivity contribution in [2.24, 2.45) is 5.73 Å². The van der Waals surface area contributed by atoms with Crippen molar-refractivity contribution in [2.75, 3.05) is 6.54 Å². The molecule has 0 radical (unpaired) electrons. The third kappa shape index (κ3) is 4.71. The van der Waals surface area contributed by atoms with Crippen LogP contribution >= 0.6 is 11.8 Å². The third-order valence-corrected chi connectivity index (χ3v) is 4.36. The monoisotopic (exact) mass is 311 g/mol. The van der Waals surface area contributed by atoms with E-state index < -0.39 is 16.4 Å². The van der Waals surface area contributed by atoms with Crippen molar-refractivity contribution in [3.63, 3.8) is 0 Å². The minimum Gasteiger partial charge on any atom is -0.368 e. The molecule has 1 amide bonds. The maximum Gasteiger partial charge on any atom is 0.282 e. The zero-order valence-corrected chi connectivity index (χ0v) is 13.3. The number of nitro groups is 1. The Bertz CT molecular complexity index is 524. The van der Waals surface area contributed by atoms with E-state index in [4.69, 9.17) is 5.73 Å². The molecule has 0 aliphatic carbocycles. The minimum atomic E-state index is -0.815. The van der Waals surface area contributed by atoms with Gasteiger partial charge in [-0.25, -0.2) is 0 Å². The molecule has 0 aliphatic rings. The van der Waals surface area contributed by atoms with E-state index in [1.165, 1.54) is 17.8 Å². The van der Waals surface area contributed by atoms with Gasteiger partial charge >= 0.3 is 0 Å². The number of amides is 1. The number of hydrogen-bond donors (Lipinski definition) is 2. The SMILES string of the molecule is CCNC(C)(CC(C)Sc1ccccc1[N+](=O)[O-])C(N)=O. The molecule has 21 heavy (non-hydrogen) atoms. The van der Waals surface area contributed by atoms with Crippen LogP contribution in [0.2, 0.25) is 0 Å². The lowest BCUT2D eigenvalue weighted by molar-refractivity contribution is -0.387. The van der Waals surface area contributed by atoms with Gasteiger partial charge in [-0.05, 0) is 26.0 Å². The van der Waals surface area contributed by atoms with E-state index in [-0.39, 0.29) is 10.9 Å². The molecule has 3 N–H and O–H groups in total. The Kier molecular flexibility index (Phi) is 6.17. The second-order valence-electron chi connectivity index (χ2n) is 5.08. The summed E-state index contributed by atoms with van der Waals surface area (Å²) in [5, 5.41) is 14.1. The van der Waals surface area contributed by atoms with E-state index in [9.17, 15) is 14.9 Å². The molecule has 0 aliphatic heterocycles. The normalized spacial score (nSPS) is 15.2. The number of carbonyl (C=O) groups excluding carboxylic acids is 1. The number of nitrogens with two attached hydrogens (primary N) is 1. The molecule has 2 atom stereocenters. The number of benzene rings is 1.